The van der Waals surface area contributed by atoms with Gasteiger partial charge in [0, 0.05) is 25.6 Å². The molecular weight excluding hydrogens is 512 g/mol. The predicted octanol–water partition coefficient (Wildman–Crippen LogP) is 1.52. The van der Waals surface area contributed by atoms with Gasteiger partial charge in [-0.2, -0.15) is 26.3 Å². The molecule has 18 heteroatoms. The maximum atomic E-state index is 11.5. The van der Waals surface area contributed by atoms with Crippen molar-refractivity contribution >= 4 is 20.0 Å². The van der Waals surface area contributed by atoms with E-state index in [0.29, 0.717) is 33.0 Å². The first-order chi connectivity index (χ1) is 15.1. The molecule has 1 aliphatic heterocycles. The fourth-order valence-corrected chi connectivity index (χ4v) is 3.66. The average molecular weight is 538 g/mol. The van der Waals surface area contributed by atoms with Crippen LogP contribution in [0.5, 0.6) is 0 Å². The summed E-state index contributed by atoms with van der Waals surface area (Å²) in [7, 11) is -13.2. The van der Waals surface area contributed by atoms with Crippen LogP contribution in [0, 0.1) is 0 Å². The van der Waals surface area contributed by atoms with Gasteiger partial charge in [-0.25, -0.2) is 16.8 Å². The topological polar surface area (TPSA) is 114 Å². The summed E-state index contributed by atoms with van der Waals surface area (Å²) in [5.41, 5.74) is -12.3. The molecule has 0 aromatic carbocycles. The molecular formula is C15H25F6N3O7S2. The number of sulfonamides is 2. The molecule has 0 aromatic rings. The van der Waals surface area contributed by atoms with Crippen LogP contribution in [-0.4, -0.2) is 90.5 Å². The molecule has 0 amide bonds. The summed E-state index contributed by atoms with van der Waals surface area (Å²) < 4.78 is 124. The van der Waals surface area contributed by atoms with Gasteiger partial charge in [-0.3, -0.25) is 0 Å². The zero-order valence-corrected chi connectivity index (χ0v) is 19.1. The molecule has 0 saturated carbocycles. The van der Waals surface area contributed by atoms with Crippen molar-refractivity contribution in [2.45, 2.75) is 17.9 Å². The van der Waals surface area contributed by atoms with Gasteiger partial charge in [0.1, 0.15) is 0 Å². The Hall–Kier alpha value is -1.60. The van der Waals surface area contributed by atoms with Gasteiger partial charge < -0.3 is 24.0 Å². The van der Waals surface area contributed by atoms with E-state index in [9.17, 15) is 43.2 Å². The molecule has 1 heterocycles. The van der Waals surface area contributed by atoms with Gasteiger partial charge in [0.15, 0.2) is 0 Å². The number of hydrogen-bond donors (Lipinski definition) is 1. The third kappa shape index (κ3) is 12.4. The summed E-state index contributed by atoms with van der Waals surface area (Å²) in [5, 5.41) is 0. The smallest absolute Gasteiger partial charge is 0.379 e. The van der Waals surface area contributed by atoms with Crippen molar-refractivity contribution in [3.05, 3.63) is 25.2 Å². The molecule has 196 valence electrons. The molecule has 0 fully saturated rings. The fraction of sp³-hybridized carbons (Fsp3) is 0.733. The summed E-state index contributed by atoms with van der Waals surface area (Å²) in [6.45, 7) is 11.5. The Morgan fingerprint density at radius 2 is 1.33 bits per heavy atom. The predicted molar refractivity (Wildman–Crippen MR) is 104 cm³/mol. The molecule has 0 spiro atoms. The number of nitrogens with one attached hydrogen (secondary N) is 1. The SMILES string of the molecule is C=CN1C=CN(CCOCCOCCOCC)C1.O=S(=O)(NS(=O)(=O)C(F)(F)F)C(F)(F)F. The quantitative estimate of drug-likeness (QED) is 0.276. The molecule has 1 N–H and O–H groups in total. The van der Waals surface area contributed by atoms with Crippen LogP contribution < -0.4 is 4.13 Å². The fourth-order valence-electron chi connectivity index (χ4n) is 1.75. The molecule has 0 radical (unpaired) electrons. The van der Waals surface area contributed by atoms with E-state index < -0.39 is 35.2 Å². The van der Waals surface area contributed by atoms with E-state index in [1.54, 1.807) is 0 Å². The third-order valence-electron chi connectivity index (χ3n) is 3.35. The molecule has 0 aromatic heterocycles. The molecule has 0 atom stereocenters. The zero-order chi connectivity index (χ0) is 25.8. The lowest BCUT2D eigenvalue weighted by atomic mass is 10.6. The highest BCUT2D eigenvalue weighted by Gasteiger charge is 2.55. The van der Waals surface area contributed by atoms with Gasteiger partial charge in [0.2, 0.25) is 0 Å². The standard InChI is InChI=1S/C13H24N2O3.C2HF6NO4S2/c1-3-14-5-6-15(13-14)7-8-17-11-12-18-10-9-16-4-2;3-1(4,5)14(10,11)9-15(12,13)2(6,7)8/h3,5-6H,1,4,7-13H2,2H3;9H. The van der Waals surface area contributed by atoms with Crippen LogP contribution in [0.1, 0.15) is 6.92 Å². The maximum absolute atomic E-state index is 11.5. The van der Waals surface area contributed by atoms with E-state index in [-0.39, 0.29) is 0 Å². The molecule has 1 aliphatic rings. The maximum Gasteiger partial charge on any atom is 0.512 e. The number of alkyl halides is 6. The molecule has 0 saturated heterocycles. The number of rotatable bonds is 13. The van der Waals surface area contributed by atoms with Crippen molar-refractivity contribution in [3.63, 3.8) is 0 Å². The van der Waals surface area contributed by atoms with Crippen molar-refractivity contribution in [3.8, 4) is 0 Å². The minimum Gasteiger partial charge on any atom is -0.379 e. The van der Waals surface area contributed by atoms with Crippen LogP contribution in [0.15, 0.2) is 25.2 Å². The van der Waals surface area contributed by atoms with Gasteiger partial charge in [-0.1, -0.05) is 10.7 Å². The molecule has 0 unspecified atom stereocenters. The lowest BCUT2D eigenvalue weighted by molar-refractivity contribution is -0.0476. The van der Waals surface area contributed by atoms with E-state index in [1.165, 1.54) is 0 Å². The molecule has 0 bridgehead atoms. The van der Waals surface area contributed by atoms with E-state index in [4.69, 9.17) is 14.2 Å². The van der Waals surface area contributed by atoms with E-state index in [2.05, 4.69) is 11.5 Å². The van der Waals surface area contributed by atoms with Crippen LogP contribution >= 0.6 is 0 Å². The van der Waals surface area contributed by atoms with Crippen LogP contribution in [-0.2, 0) is 34.3 Å². The Balaban J connectivity index is 0.000000633. The Morgan fingerprint density at radius 3 is 1.73 bits per heavy atom. The first-order valence-electron chi connectivity index (χ1n) is 9.02. The second kappa shape index (κ2) is 14.0. The summed E-state index contributed by atoms with van der Waals surface area (Å²) in [5.74, 6) is 0. The number of nitrogens with zero attached hydrogens (tertiary/aromatic N) is 2. The van der Waals surface area contributed by atoms with Gasteiger partial charge >= 0.3 is 31.1 Å². The van der Waals surface area contributed by atoms with Gasteiger partial charge in [0.25, 0.3) is 0 Å². The summed E-state index contributed by atoms with van der Waals surface area (Å²) in [4.78, 5) is 4.20. The minimum atomic E-state index is -6.60. The molecule has 1 rings (SSSR count). The highest BCUT2D eigenvalue weighted by Crippen LogP contribution is 2.27. The van der Waals surface area contributed by atoms with E-state index in [0.717, 1.165) is 19.8 Å². The van der Waals surface area contributed by atoms with E-state index >= 15 is 0 Å². The first kappa shape index (κ1) is 31.4. The Morgan fingerprint density at radius 1 is 0.879 bits per heavy atom. The summed E-state index contributed by atoms with van der Waals surface area (Å²) >= 11 is 0. The highest BCUT2D eigenvalue weighted by atomic mass is 32.3. The zero-order valence-electron chi connectivity index (χ0n) is 17.4. The highest BCUT2D eigenvalue weighted by molar-refractivity contribution is 8.05. The second-order valence-electron chi connectivity index (χ2n) is 5.85. The Kier molecular flexibility index (Phi) is 13.3. The lowest BCUT2D eigenvalue weighted by Gasteiger charge is -2.18. The van der Waals surface area contributed by atoms with E-state index in [1.807, 2.05) is 30.4 Å². The second-order valence-corrected chi connectivity index (χ2v) is 9.46. The average Bonchev–Trinajstić information content (AvgIpc) is 3.13. The van der Waals surface area contributed by atoms with Gasteiger partial charge in [-0.15, -0.1) is 0 Å². The van der Waals surface area contributed by atoms with Crippen LogP contribution in [0.3, 0.4) is 0 Å². The summed E-state index contributed by atoms with van der Waals surface area (Å²) in [6, 6.07) is 0. The number of ether oxygens (including phenoxy) is 3. The van der Waals surface area contributed by atoms with Crippen molar-refractivity contribution in [2.24, 2.45) is 0 Å². The third-order valence-corrected chi connectivity index (χ3v) is 6.32. The summed E-state index contributed by atoms with van der Waals surface area (Å²) in [6.07, 6.45) is 5.86. The lowest BCUT2D eigenvalue weighted by Crippen LogP contribution is -2.45. The van der Waals surface area contributed by atoms with Crippen molar-refractivity contribution in [1.29, 1.82) is 0 Å². The van der Waals surface area contributed by atoms with Crippen LogP contribution in [0.2, 0.25) is 0 Å². The number of halogens is 6. The minimum absolute atomic E-state index is 0.493. The van der Waals surface area contributed by atoms with Crippen LogP contribution in [0.25, 0.3) is 0 Å². The Bertz CT molecular complexity index is 775. The van der Waals surface area contributed by atoms with Crippen molar-refractivity contribution in [2.75, 3.05) is 52.9 Å². The largest absolute Gasteiger partial charge is 0.512 e. The number of hydrogen-bond acceptors (Lipinski definition) is 9. The molecule has 10 nitrogen and oxygen atoms in total. The Labute approximate surface area is 187 Å². The normalized spacial score (nSPS) is 14.9. The first-order valence-corrected chi connectivity index (χ1v) is 12.0. The monoisotopic (exact) mass is 537 g/mol. The van der Waals surface area contributed by atoms with Crippen molar-refractivity contribution in [1.82, 2.24) is 13.9 Å². The van der Waals surface area contributed by atoms with Gasteiger partial charge in [-0.05, 0) is 13.1 Å². The van der Waals surface area contributed by atoms with Gasteiger partial charge in [0.05, 0.1) is 39.7 Å². The molecule has 0 aliphatic carbocycles. The molecule has 33 heavy (non-hydrogen) atoms. The van der Waals surface area contributed by atoms with Crippen LogP contribution in [0.4, 0.5) is 26.3 Å². The van der Waals surface area contributed by atoms with Crippen molar-refractivity contribution < 1.29 is 57.4 Å².